The van der Waals surface area contributed by atoms with Crippen molar-refractivity contribution < 1.29 is 14.3 Å². The number of rotatable bonds is 16. The minimum Gasteiger partial charge on any atom is -0.464 e. The van der Waals surface area contributed by atoms with E-state index < -0.39 is 6.04 Å². The molecule has 1 rings (SSSR count). The van der Waals surface area contributed by atoms with Crippen molar-refractivity contribution >= 4 is 11.9 Å². The molecule has 1 amide bonds. The van der Waals surface area contributed by atoms with Crippen LogP contribution in [0.2, 0.25) is 0 Å². The SMILES string of the molecule is CCCCCCCCCCCCCCOC(=O)[C@H](C)NC(=O)C1CCC1. The van der Waals surface area contributed by atoms with E-state index in [0.717, 1.165) is 32.1 Å². The van der Waals surface area contributed by atoms with Crippen LogP contribution >= 0.6 is 0 Å². The first kappa shape index (κ1) is 23.0. The van der Waals surface area contributed by atoms with Gasteiger partial charge in [-0.3, -0.25) is 4.79 Å². The van der Waals surface area contributed by atoms with Crippen molar-refractivity contribution in [1.29, 1.82) is 0 Å². The third-order valence-electron chi connectivity index (χ3n) is 5.43. The summed E-state index contributed by atoms with van der Waals surface area (Å²) in [5.74, 6) is -0.187. The second kappa shape index (κ2) is 15.0. The third-order valence-corrected chi connectivity index (χ3v) is 5.43. The summed E-state index contributed by atoms with van der Waals surface area (Å²) in [6.07, 6.45) is 18.6. The largest absolute Gasteiger partial charge is 0.464 e. The lowest BCUT2D eigenvalue weighted by atomic mass is 9.84. The number of esters is 1. The van der Waals surface area contributed by atoms with Crippen molar-refractivity contribution in [2.75, 3.05) is 6.61 Å². The molecule has 1 fully saturated rings. The van der Waals surface area contributed by atoms with Gasteiger partial charge in [0.25, 0.3) is 0 Å². The Hall–Kier alpha value is -1.06. The van der Waals surface area contributed by atoms with E-state index in [0.29, 0.717) is 6.61 Å². The molecule has 0 spiro atoms. The van der Waals surface area contributed by atoms with Gasteiger partial charge in [0.15, 0.2) is 0 Å². The van der Waals surface area contributed by atoms with Gasteiger partial charge in [-0.15, -0.1) is 0 Å². The quantitative estimate of drug-likeness (QED) is 0.288. The zero-order valence-corrected chi connectivity index (χ0v) is 17.2. The smallest absolute Gasteiger partial charge is 0.328 e. The third kappa shape index (κ3) is 10.8. The summed E-state index contributed by atoms with van der Waals surface area (Å²) < 4.78 is 5.27. The van der Waals surface area contributed by atoms with Crippen LogP contribution in [0.15, 0.2) is 0 Å². The molecule has 0 bridgehead atoms. The van der Waals surface area contributed by atoms with Gasteiger partial charge in [0.05, 0.1) is 6.61 Å². The van der Waals surface area contributed by atoms with Gasteiger partial charge in [0, 0.05) is 5.92 Å². The second-order valence-electron chi connectivity index (χ2n) is 7.91. The first-order valence-electron chi connectivity index (χ1n) is 11.1. The van der Waals surface area contributed by atoms with Gasteiger partial charge in [-0.05, 0) is 26.2 Å². The Kier molecular flexibility index (Phi) is 13.3. The van der Waals surface area contributed by atoms with Crippen LogP contribution in [0.1, 0.15) is 110 Å². The lowest BCUT2D eigenvalue weighted by Crippen LogP contribution is -2.44. The molecule has 0 aromatic rings. The fraction of sp³-hybridized carbons (Fsp3) is 0.909. The zero-order chi connectivity index (χ0) is 19.0. The Labute approximate surface area is 160 Å². The Morgan fingerprint density at radius 2 is 1.38 bits per heavy atom. The summed E-state index contributed by atoms with van der Waals surface area (Å²) >= 11 is 0. The molecular formula is C22H41NO3. The molecule has 0 heterocycles. The molecule has 1 aliphatic rings. The van der Waals surface area contributed by atoms with E-state index in [4.69, 9.17) is 4.74 Å². The Balaban J connectivity index is 1.84. The highest BCUT2D eigenvalue weighted by atomic mass is 16.5. The zero-order valence-electron chi connectivity index (χ0n) is 17.2. The van der Waals surface area contributed by atoms with E-state index in [2.05, 4.69) is 12.2 Å². The number of nitrogens with one attached hydrogen (secondary N) is 1. The van der Waals surface area contributed by atoms with E-state index in [1.165, 1.54) is 64.2 Å². The van der Waals surface area contributed by atoms with E-state index in [-0.39, 0.29) is 17.8 Å². The molecule has 4 nitrogen and oxygen atoms in total. The van der Waals surface area contributed by atoms with Crippen LogP contribution in [0.25, 0.3) is 0 Å². The summed E-state index contributed by atoms with van der Waals surface area (Å²) in [5, 5.41) is 2.76. The molecule has 1 N–H and O–H groups in total. The van der Waals surface area contributed by atoms with Crippen molar-refractivity contribution in [1.82, 2.24) is 5.32 Å². The van der Waals surface area contributed by atoms with Gasteiger partial charge in [0.2, 0.25) is 5.91 Å². The Morgan fingerprint density at radius 1 is 0.885 bits per heavy atom. The molecule has 0 aliphatic heterocycles. The number of hydrogen-bond donors (Lipinski definition) is 1. The lowest BCUT2D eigenvalue weighted by Gasteiger charge is -2.25. The van der Waals surface area contributed by atoms with Crippen molar-refractivity contribution in [2.24, 2.45) is 5.92 Å². The van der Waals surface area contributed by atoms with Gasteiger partial charge in [-0.2, -0.15) is 0 Å². The number of carbonyl (C=O) groups excluding carboxylic acids is 2. The predicted octanol–water partition coefficient (Wildman–Crippen LogP) is 5.54. The van der Waals surface area contributed by atoms with Crippen LogP contribution in [0, 0.1) is 5.92 Å². The second-order valence-corrected chi connectivity index (χ2v) is 7.91. The molecule has 0 unspecified atom stereocenters. The summed E-state index contributed by atoms with van der Waals surface area (Å²) in [6, 6.07) is -0.527. The number of ether oxygens (including phenoxy) is 1. The standard InChI is InChI=1S/C22H41NO3/c1-3-4-5-6-7-8-9-10-11-12-13-14-18-26-22(25)19(2)23-21(24)20-16-15-17-20/h19-20H,3-18H2,1-2H3,(H,23,24)/t19-/m0/s1. The minimum atomic E-state index is -0.527. The maximum Gasteiger partial charge on any atom is 0.328 e. The van der Waals surface area contributed by atoms with Crippen molar-refractivity contribution in [3.8, 4) is 0 Å². The van der Waals surface area contributed by atoms with Gasteiger partial charge in [0.1, 0.15) is 6.04 Å². The Bertz CT molecular complexity index is 380. The molecule has 0 aromatic heterocycles. The Morgan fingerprint density at radius 3 is 1.85 bits per heavy atom. The van der Waals surface area contributed by atoms with Crippen LogP contribution in [-0.4, -0.2) is 24.5 Å². The molecule has 1 saturated carbocycles. The highest BCUT2D eigenvalue weighted by molar-refractivity contribution is 5.85. The van der Waals surface area contributed by atoms with Gasteiger partial charge in [-0.25, -0.2) is 4.79 Å². The average Bonchev–Trinajstić information content (AvgIpc) is 2.57. The van der Waals surface area contributed by atoms with Crippen molar-refractivity contribution in [2.45, 2.75) is 116 Å². The van der Waals surface area contributed by atoms with Crippen LogP contribution in [-0.2, 0) is 14.3 Å². The maximum absolute atomic E-state index is 11.9. The molecule has 152 valence electrons. The molecule has 0 saturated heterocycles. The van der Waals surface area contributed by atoms with Crippen molar-refractivity contribution in [3.05, 3.63) is 0 Å². The molecule has 0 aromatic carbocycles. The maximum atomic E-state index is 11.9. The van der Waals surface area contributed by atoms with Crippen LogP contribution in [0.3, 0.4) is 0 Å². The summed E-state index contributed by atoms with van der Waals surface area (Å²) in [6.45, 7) is 4.44. The van der Waals surface area contributed by atoms with E-state index >= 15 is 0 Å². The first-order chi connectivity index (χ1) is 12.6. The fourth-order valence-electron chi connectivity index (χ4n) is 3.30. The molecular weight excluding hydrogens is 326 g/mol. The van der Waals surface area contributed by atoms with Crippen molar-refractivity contribution in [3.63, 3.8) is 0 Å². The van der Waals surface area contributed by atoms with E-state index in [1.54, 1.807) is 6.92 Å². The van der Waals surface area contributed by atoms with E-state index in [1.807, 2.05) is 0 Å². The number of unbranched alkanes of at least 4 members (excludes halogenated alkanes) is 11. The summed E-state index contributed by atoms with van der Waals surface area (Å²) in [7, 11) is 0. The molecule has 26 heavy (non-hydrogen) atoms. The highest BCUT2D eigenvalue weighted by Gasteiger charge is 2.27. The van der Waals surface area contributed by atoms with Crippen LogP contribution in [0.4, 0.5) is 0 Å². The molecule has 4 heteroatoms. The first-order valence-corrected chi connectivity index (χ1v) is 11.1. The highest BCUT2D eigenvalue weighted by Crippen LogP contribution is 2.26. The van der Waals surface area contributed by atoms with Crippen LogP contribution < -0.4 is 5.32 Å². The fourth-order valence-corrected chi connectivity index (χ4v) is 3.30. The average molecular weight is 368 g/mol. The summed E-state index contributed by atoms with van der Waals surface area (Å²) in [4.78, 5) is 23.7. The van der Waals surface area contributed by atoms with Crippen LogP contribution in [0.5, 0.6) is 0 Å². The lowest BCUT2D eigenvalue weighted by molar-refractivity contribution is -0.148. The molecule has 1 aliphatic carbocycles. The predicted molar refractivity (Wildman–Crippen MR) is 107 cm³/mol. The normalized spacial score (nSPS) is 15.3. The monoisotopic (exact) mass is 367 g/mol. The number of hydrogen-bond acceptors (Lipinski definition) is 3. The van der Waals surface area contributed by atoms with Gasteiger partial charge in [-0.1, -0.05) is 84.0 Å². The van der Waals surface area contributed by atoms with E-state index in [9.17, 15) is 9.59 Å². The van der Waals surface area contributed by atoms with Gasteiger partial charge >= 0.3 is 5.97 Å². The topological polar surface area (TPSA) is 55.4 Å². The number of amides is 1. The molecule has 0 radical (unpaired) electrons. The summed E-state index contributed by atoms with van der Waals surface area (Å²) in [5.41, 5.74) is 0. The molecule has 1 atom stereocenters. The number of carbonyl (C=O) groups is 2. The van der Waals surface area contributed by atoms with Gasteiger partial charge < -0.3 is 10.1 Å². The minimum absolute atomic E-state index is 0.00561.